The highest BCUT2D eigenvalue weighted by atomic mass is 16.3. The van der Waals surface area contributed by atoms with E-state index in [2.05, 4.69) is 4.98 Å². The van der Waals surface area contributed by atoms with Gasteiger partial charge in [-0.2, -0.15) is 0 Å². The molecule has 2 heterocycles. The number of rotatable bonds is 5. The van der Waals surface area contributed by atoms with Crippen LogP contribution >= 0.6 is 0 Å². The summed E-state index contributed by atoms with van der Waals surface area (Å²) in [6, 6.07) is 8.86. The molecule has 0 radical (unpaired) electrons. The lowest BCUT2D eigenvalue weighted by Crippen LogP contribution is -2.40. The van der Waals surface area contributed by atoms with Gasteiger partial charge < -0.3 is 9.32 Å². The Morgan fingerprint density at radius 3 is 2.54 bits per heavy atom. The molecule has 1 amide bonds. The fourth-order valence-corrected chi connectivity index (χ4v) is 3.21. The molecule has 1 aromatic carbocycles. The van der Waals surface area contributed by atoms with Gasteiger partial charge >= 0.3 is 0 Å². The second-order valence-corrected chi connectivity index (χ2v) is 6.26. The van der Waals surface area contributed by atoms with Gasteiger partial charge in [0.05, 0.1) is 0 Å². The van der Waals surface area contributed by atoms with Gasteiger partial charge in [-0.15, -0.1) is 0 Å². The number of likely N-dealkylation sites (N-methyl/N-ethyl adjacent to an activating group) is 1. The van der Waals surface area contributed by atoms with Crippen LogP contribution in [0, 0.1) is 13.8 Å². The molecule has 26 heavy (non-hydrogen) atoms. The largest absolute Gasteiger partial charge is 0.443 e. The van der Waals surface area contributed by atoms with E-state index in [1.165, 1.54) is 10.9 Å². The molecule has 2 aromatic heterocycles. The minimum atomic E-state index is -0.617. The van der Waals surface area contributed by atoms with E-state index in [4.69, 9.17) is 4.42 Å². The molecular weight excluding hydrogens is 330 g/mol. The predicted molar refractivity (Wildman–Crippen MR) is 102 cm³/mol. The van der Waals surface area contributed by atoms with E-state index in [0.717, 1.165) is 11.3 Å². The molecule has 0 spiro atoms. The minimum absolute atomic E-state index is 0.123. The number of carbonyl (C=O) groups is 1. The van der Waals surface area contributed by atoms with Crippen LogP contribution in [-0.4, -0.2) is 22.0 Å². The molecule has 0 saturated carbocycles. The summed E-state index contributed by atoms with van der Waals surface area (Å²) < 4.78 is 6.96. The van der Waals surface area contributed by atoms with Crippen molar-refractivity contribution in [3.8, 4) is 0 Å². The van der Waals surface area contributed by atoms with Crippen molar-refractivity contribution in [3.63, 3.8) is 0 Å². The fraction of sp³-hybridized carbons (Fsp3) is 0.350. The summed E-state index contributed by atoms with van der Waals surface area (Å²) in [7, 11) is 0. The molecule has 0 bridgehead atoms. The molecule has 0 aliphatic rings. The predicted octanol–water partition coefficient (Wildman–Crippen LogP) is 3.61. The first kappa shape index (κ1) is 17.9. The van der Waals surface area contributed by atoms with E-state index in [-0.39, 0.29) is 11.5 Å². The van der Waals surface area contributed by atoms with Crippen LogP contribution in [0.15, 0.2) is 45.9 Å². The van der Waals surface area contributed by atoms with E-state index in [9.17, 15) is 9.59 Å². The Morgan fingerprint density at radius 1 is 1.23 bits per heavy atom. The number of furan rings is 1. The van der Waals surface area contributed by atoms with Crippen LogP contribution in [-0.2, 0) is 4.79 Å². The molecule has 6 heteroatoms. The monoisotopic (exact) mass is 353 g/mol. The zero-order valence-electron chi connectivity index (χ0n) is 15.5. The second kappa shape index (κ2) is 7.15. The number of benzene rings is 1. The topological polar surface area (TPSA) is 68.3 Å². The van der Waals surface area contributed by atoms with Crippen molar-refractivity contribution in [2.75, 3.05) is 11.4 Å². The summed E-state index contributed by atoms with van der Waals surface area (Å²) in [6.07, 6.45) is 1.91. The van der Waals surface area contributed by atoms with Gasteiger partial charge in [0.25, 0.3) is 5.56 Å². The van der Waals surface area contributed by atoms with Gasteiger partial charge in [-0.05, 0) is 39.3 Å². The Hall–Kier alpha value is -2.89. The average molecular weight is 353 g/mol. The van der Waals surface area contributed by atoms with Crippen molar-refractivity contribution < 1.29 is 9.21 Å². The van der Waals surface area contributed by atoms with Crippen molar-refractivity contribution in [2.45, 2.75) is 40.2 Å². The highest BCUT2D eigenvalue weighted by Gasteiger charge is 2.27. The maximum absolute atomic E-state index is 13.2. The molecule has 3 rings (SSSR count). The summed E-state index contributed by atoms with van der Waals surface area (Å²) >= 11 is 0. The quantitative estimate of drug-likeness (QED) is 0.703. The van der Waals surface area contributed by atoms with Crippen LogP contribution in [0.1, 0.15) is 37.6 Å². The number of anilines is 1. The molecular formula is C20H23N3O3. The van der Waals surface area contributed by atoms with E-state index in [0.29, 0.717) is 29.8 Å². The van der Waals surface area contributed by atoms with Gasteiger partial charge in [-0.3, -0.25) is 14.2 Å². The molecule has 1 unspecified atom stereocenters. The SMILES string of the molecule is CCC(C(=O)N(CC)c1ccccc1)n1cnc2oc(C)c(C)c2c1=O. The number of aromatic nitrogens is 2. The zero-order chi connectivity index (χ0) is 18.8. The van der Waals surface area contributed by atoms with Crippen molar-refractivity contribution in [3.05, 3.63) is 58.3 Å². The number of fused-ring (bicyclic) bond motifs is 1. The first-order valence-electron chi connectivity index (χ1n) is 8.82. The van der Waals surface area contributed by atoms with Gasteiger partial charge in [-0.1, -0.05) is 25.1 Å². The average Bonchev–Trinajstić information content (AvgIpc) is 2.94. The Labute approximate surface area is 152 Å². The number of carbonyl (C=O) groups excluding carboxylic acids is 1. The van der Waals surface area contributed by atoms with Gasteiger partial charge in [0.1, 0.15) is 23.5 Å². The third-order valence-corrected chi connectivity index (χ3v) is 4.77. The standard InChI is InChI=1S/C20H23N3O3/c1-5-16(19(24)22(6-2)15-10-8-7-9-11-15)23-12-21-18-17(20(23)25)13(3)14(4)26-18/h7-12,16H,5-6H2,1-4H3. The summed E-state index contributed by atoms with van der Waals surface area (Å²) in [4.78, 5) is 32.2. The number of amides is 1. The molecule has 0 aliphatic heterocycles. The molecule has 0 N–H and O–H groups in total. The molecule has 0 fully saturated rings. The number of aryl methyl sites for hydroxylation is 2. The van der Waals surface area contributed by atoms with Gasteiger partial charge in [0, 0.05) is 17.8 Å². The normalized spacial score (nSPS) is 12.3. The van der Waals surface area contributed by atoms with Crippen LogP contribution in [0.4, 0.5) is 5.69 Å². The third-order valence-electron chi connectivity index (χ3n) is 4.77. The number of hydrogen-bond donors (Lipinski definition) is 0. The molecule has 3 aromatic rings. The molecule has 6 nitrogen and oxygen atoms in total. The second-order valence-electron chi connectivity index (χ2n) is 6.26. The van der Waals surface area contributed by atoms with Gasteiger partial charge in [0.15, 0.2) is 0 Å². The fourth-order valence-electron chi connectivity index (χ4n) is 3.21. The van der Waals surface area contributed by atoms with Crippen LogP contribution < -0.4 is 10.5 Å². The lowest BCUT2D eigenvalue weighted by Gasteiger charge is -2.26. The van der Waals surface area contributed by atoms with Crippen molar-refractivity contribution in [1.29, 1.82) is 0 Å². The Balaban J connectivity index is 2.07. The van der Waals surface area contributed by atoms with E-state index in [1.807, 2.05) is 51.1 Å². The number of hydrogen-bond acceptors (Lipinski definition) is 4. The number of nitrogens with zero attached hydrogens (tertiary/aromatic N) is 3. The van der Waals surface area contributed by atoms with Crippen molar-refractivity contribution in [1.82, 2.24) is 9.55 Å². The highest BCUT2D eigenvalue weighted by Crippen LogP contribution is 2.23. The Kier molecular flexibility index (Phi) is 4.93. The van der Waals surface area contributed by atoms with Crippen LogP contribution in [0.5, 0.6) is 0 Å². The molecule has 0 saturated heterocycles. The first-order valence-corrected chi connectivity index (χ1v) is 8.82. The van der Waals surface area contributed by atoms with E-state index >= 15 is 0 Å². The lowest BCUT2D eigenvalue weighted by atomic mass is 10.1. The third kappa shape index (κ3) is 2.92. The minimum Gasteiger partial charge on any atom is -0.443 e. The first-order chi connectivity index (χ1) is 12.5. The highest BCUT2D eigenvalue weighted by molar-refractivity contribution is 5.96. The van der Waals surface area contributed by atoms with Crippen molar-refractivity contribution in [2.24, 2.45) is 0 Å². The summed E-state index contributed by atoms with van der Waals surface area (Å²) in [6.45, 7) is 7.97. The maximum atomic E-state index is 13.2. The Bertz CT molecular complexity index is 989. The van der Waals surface area contributed by atoms with Crippen LogP contribution in [0.2, 0.25) is 0 Å². The maximum Gasteiger partial charge on any atom is 0.265 e. The number of para-hydroxylation sites is 1. The Morgan fingerprint density at radius 2 is 1.92 bits per heavy atom. The lowest BCUT2D eigenvalue weighted by molar-refractivity contribution is -0.121. The molecule has 1 atom stereocenters. The molecule has 0 aliphatic carbocycles. The summed E-state index contributed by atoms with van der Waals surface area (Å²) in [5.41, 5.74) is 1.66. The van der Waals surface area contributed by atoms with Crippen LogP contribution in [0.25, 0.3) is 11.1 Å². The zero-order valence-corrected chi connectivity index (χ0v) is 15.5. The van der Waals surface area contributed by atoms with Gasteiger partial charge in [0.2, 0.25) is 11.6 Å². The smallest absolute Gasteiger partial charge is 0.265 e. The van der Waals surface area contributed by atoms with E-state index in [1.54, 1.807) is 11.8 Å². The van der Waals surface area contributed by atoms with Crippen LogP contribution in [0.3, 0.4) is 0 Å². The van der Waals surface area contributed by atoms with Gasteiger partial charge in [-0.25, -0.2) is 4.98 Å². The van der Waals surface area contributed by atoms with Crippen molar-refractivity contribution >= 4 is 22.7 Å². The summed E-state index contributed by atoms with van der Waals surface area (Å²) in [5, 5.41) is 0.444. The molecule has 136 valence electrons. The van der Waals surface area contributed by atoms with E-state index < -0.39 is 6.04 Å². The summed E-state index contributed by atoms with van der Waals surface area (Å²) in [5.74, 6) is 0.545.